The highest BCUT2D eigenvalue weighted by molar-refractivity contribution is 5.39. The van der Waals surface area contributed by atoms with Crippen LogP contribution in [0.2, 0.25) is 0 Å². The van der Waals surface area contributed by atoms with Crippen molar-refractivity contribution in [2.45, 2.75) is 26.7 Å². The predicted octanol–water partition coefficient (Wildman–Crippen LogP) is 3.74. The predicted molar refractivity (Wildman–Crippen MR) is 76.9 cm³/mol. The Morgan fingerprint density at radius 3 is 2.37 bits per heavy atom. The van der Waals surface area contributed by atoms with Crippen LogP contribution in [0.25, 0.3) is 0 Å². The third-order valence-corrected chi connectivity index (χ3v) is 2.84. The molecule has 0 aliphatic rings. The molecule has 1 aromatic heterocycles. The normalized spacial score (nSPS) is 10.6. The topological polar surface area (TPSA) is 47.0 Å². The van der Waals surface area contributed by atoms with E-state index in [2.05, 4.69) is 41.3 Å². The first-order valence-electron chi connectivity index (χ1n) is 6.39. The van der Waals surface area contributed by atoms with Crippen LogP contribution in [0.3, 0.4) is 0 Å². The summed E-state index contributed by atoms with van der Waals surface area (Å²) in [5.41, 5.74) is 1.29. The molecule has 0 aliphatic heterocycles. The van der Waals surface area contributed by atoms with Crippen molar-refractivity contribution in [3.8, 4) is 11.6 Å². The fraction of sp³-hybridized carbons (Fsp3) is 0.333. The summed E-state index contributed by atoms with van der Waals surface area (Å²) in [6, 6.07) is 9.86. The lowest BCUT2D eigenvalue weighted by Crippen LogP contribution is -1.98. The molecule has 19 heavy (non-hydrogen) atoms. The van der Waals surface area contributed by atoms with E-state index in [0.717, 1.165) is 11.6 Å². The molecule has 1 N–H and O–H groups in total. The molecule has 0 spiro atoms. The first kappa shape index (κ1) is 13.3. The second kappa shape index (κ2) is 5.69. The lowest BCUT2D eigenvalue weighted by Gasteiger charge is -2.09. The van der Waals surface area contributed by atoms with Crippen molar-refractivity contribution in [2.75, 3.05) is 12.4 Å². The van der Waals surface area contributed by atoms with E-state index >= 15 is 0 Å². The monoisotopic (exact) mass is 257 g/mol. The van der Waals surface area contributed by atoms with Gasteiger partial charge < -0.3 is 10.1 Å². The van der Waals surface area contributed by atoms with E-state index in [1.807, 2.05) is 26.1 Å². The number of hydrogen-bond donors (Lipinski definition) is 1. The average molecular weight is 257 g/mol. The molecule has 1 aromatic carbocycles. The quantitative estimate of drug-likeness (QED) is 0.906. The molecule has 4 nitrogen and oxygen atoms in total. The van der Waals surface area contributed by atoms with Crippen molar-refractivity contribution in [1.82, 2.24) is 9.97 Å². The highest BCUT2D eigenvalue weighted by atomic mass is 16.5. The van der Waals surface area contributed by atoms with Crippen molar-refractivity contribution < 1.29 is 4.74 Å². The number of anilines is 1. The number of benzene rings is 1. The fourth-order valence-corrected chi connectivity index (χ4v) is 1.76. The zero-order valence-corrected chi connectivity index (χ0v) is 11.8. The van der Waals surface area contributed by atoms with Crippen LogP contribution in [0.4, 0.5) is 5.82 Å². The van der Waals surface area contributed by atoms with Crippen molar-refractivity contribution in [3.63, 3.8) is 0 Å². The Kier molecular flexibility index (Phi) is 4.00. The molecular weight excluding hydrogens is 238 g/mol. The minimum atomic E-state index is 0.520. The average Bonchev–Trinajstić information content (AvgIpc) is 2.38. The van der Waals surface area contributed by atoms with Crippen molar-refractivity contribution in [3.05, 3.63) is 41.7 Å². The van der Waals surface area contributed by atoms with E-state index in [0.29, 0.717) is 17.6 Å². The second-order valence-electron chi connectivity index (χ2n) is 4.71. The molecule has 0 radical (unpaired) electrons. The minimum Gasteiger partial charge on any atom is -0.439 e. The second-order valence-corrected chi connectivity index (χ2v) is 4.71. The van der Waals surface area contributed by atoms with Crippen LogP contribution in [0.1, 0.15) is 31.2 Å². The first-order chi connectivity index (χ1) is 9.08. The van der Waals surface area contributed by atoms with Gasteiger partial charge in [-0.15, -0.1) is 0 Å². The SMILES string of the molecule is CNc1cc(Oc2ccc(C(C)C)cc2)nc(C)n1. The van der Waals surface area contributed by atoms with Crippen LogP contribution in [0.15, 0.2) is 30.3 Å². The summed E-state index contributed by atoms with van der Waals surface area (Å²) in [4.78, 5) is 8.49. The molecule has 0 saturated carbocycles. The van der Waals surface area contributed by atoms with E-state index in [9.17, 15) is 0 Å². The van der Waals surface area contributed by atoms with Gasteiger partial charge in [-0.25, -0.2) is 4.98 Å². The van der Waals surface area contributed by atoms with Gasteiger partial charge in [-0.2, -0.15) is 4.98 Å². The number of hydrogen-bond acceptors (Lipinski definition) is 4. The van der Waals surface area contributed by atoms with Crippen molar-refractivity contribution >= 4 is 5.82 Å². The van der Waals surface area contributed by atoms with Crippen LogP contribution in [0.5, 0.6) is 11.6 Å². The zero-order valence-electron chi connectivity index (χ0n) is 11.8. The third kappa shape index (κ3) is 3.44. The summed E-state index contributed by atoms with van der Waals surface area (Å²) in [6.45, 7) is 6.18. The lowest BCUT2D eigenvalue weighted by atomic mass is 10.0. The van der Waals surface area contributed by atoms with Gasteiger partial charge in [0.05, 0.1) is 0 Å². The number of nitrogens with zero attached hydrogens (tertiary/aromatic N) is 2. The molecule has 0 saturated heterocycles. The maximum absolute atomic E-state index is 5.75. The smallest absolute Gasteiger partial charge is 0.224 e. The number of ether oxygens (including phenoxy) is 1. The van der Waals surface area contributed by atoms with E-state index in [4.69, 9.17) is 4.74 Å². The molecule has 0 bridgehead atoms. The van der Waals surface area contributed by atoms with Gasteiger partial charge in [0.2, 0.25) is 5.88 Å². The molecule has 0 aliphatic carbocycles. The fourth-order valence-electron chi connectivity index (χ4n) is 1.76. The maximum Gasteiger partial charge on any atom is 0.224 e. The minimum absolute atomic E-state index is 0.520. The summed E-state index contributed by atoms with van der Waals surface area (Å²) in [5, 5.41) is 2.99. The number of aryl methyl sites for hydroxylation is 1. The number of nitrogens with one attached hydrogen (secondary N) is 1. The first-order valence-corrected chi connectivity index (χ1v) is 6.39. The Morgan fingerprint density at radius 2 is 1.79 bits per heavy atom. The molecule has 0 atom stereocenters. The highest BCUT2D eigenvalue weighted by Crippen LogP contribution is 2.23. The van der Waals surface area contributed by atoms with Gasteiger partial charge in [0.15, 0.2) is 0 Å². The van der Waals surface area contributed by atoms with Gasteiger partial charge in [0.1, 0.15) is 17.4 Å². The molecule has 0 unspecified atom stereocenters. The molecule has 2 rings (SSSR count). The van der Waals surface area contributed by atoms with Gasteiger partial charge in [0, 0.05) is 13.1 Å². The number of aromatic nitrogens is 2. The summed E-state index contributed by atoms with van der Waals surface area (Å²) in [6.07, 6.45) is 0. The number of rotatable bonds is 4. The van der Waals surface area contributed by atoms with Crippen LogP contribution >= 0.6 is 0 Å². The third-order valence-electron chi connectivity index (χ3n) is 2.84. The molecule has 1 heterocycles. The van der Waals surface area contributed by atoms with E-state index < -0.39 is 0 Å². The van der Waals surface area contributed by atoms with Gasteiger partial charge in [-0.3, -0.25) is 0 Å². The van der Waals surface area contributed by atoms with E-state index in [1.165, 1.54) is 5.56 Å². The zero-order chi connectivity index (χ0) is 13.8. The largest absolute Gasteiger partial charge is 0.439 e. The van der Waals surface area contributed by atoms with Crippen LogP contribution in [-0.2, 0) is 0 Å². The molecule has 4 heteroatoms. The van der Waals surface area contributed by atoms with Gasteiger partial charge >= 0.3 is 0 Å². The van der Waals surface area contributed by atoms with E-state index in [1.54, 1.807) is 6.07 Å². The van der Waals surface area contributed by atoms with Gasteiger partial charge in [-0.1, -0.05) is 26.0 Å². The summed E-state index contributed by atoms with van der Waals surface area (Å²) in [5.74, 6) is 3.28. The summed E-state index contributed by atoms with van der Waals surface area (Å²) >= 11 is 0. The van der Waals surface area contributed by atoms with Crippen LogP contribution in [-0.4, -0.2) is 17.0 Å². The Bertz CT molecular complexity index is 550. The van der Waals surface area contributed by atoms with E-state index in [-0.39, 0.29) is 0 Å². The van der Waals surface area contributed by atoms with Crippen LogP contribution < -0.4 is 10.1 Å². The lowest BCUT2D eigenvalue weighted by molar-refractivity contribution is 0.460. The molecule has 100 valence electrons. The standard InChI is InChI=1S/C15H19N3O/c1-10(2)12-5-7-13(8-6-12)19-15-9-14(16-4)17-11(3)18-15/h5-10H,1-4H3,(H,16,17,18). The Balaban J connectivity index is 2.18. The van der Waals surface area contributed by atoms with Gasteiger partial charge in [-0.05, 0) is 30.5 Å². The summed E-state index contributed by atoms with van der Waals surface area (Å²) in [7, 11) is 1.82. The molecule has 0 amide bonds. The Labute approximate surface area is 113 Å². The van der Waals surface area contributed by atoms with Crippen molar-refractivity contribution in [2.24, 2.45) is 0 Å². The summed E-state index contributed by atoms with van der Waals surface area (Å²) < 4.78 is 5.75. The molecular formula is C15H19N3O. The van der Waals surface area contributed by atoms with Crippen molar-refractivity contribution in [1.29, 1.82) is 0 Å². The Hall–Kier alpha value is -2.10. The highest BCUT2D eigenvalue weighted by Gasteiger charge is 2.04. The maximum atomic E-state index is 5.75. The Morgan fingerprint density at radius 1 is 1.11 bits per heavy atom. The molecule has 0 fully saturated rings. The van der Waals surface area contributed by atoms with Crippen LogP contribution in [0, 0.1) is 6.92 Å². The van der Waals surface area contributed by atoms with Gasteiger partial charge in [0.25, 0.3) is 0 Å². The molecule has 2 aromatic rings.